The molecule has 158 valence electrons. The second-order valence-electron chi connectivity index (χ2n) is 7.34. The molecule has 3 aromatic rings. The molecular weight excluding hydrogens is 402 g/mol. The van der Waals surface area contributed by atoms with Crippen molar-refractivity contribution < 1.29 is 14.3 Å². The first-order valence-corrected chi connectivity index (χ1v) is 10.9. The summed E-state index contributed by atoms with van der Waals surface area (Å²) in [5, 5.41) is 0.663. The molecule has 1 aliphatic heterocycles. The number of hydrogen-bond acceptors (Lipinski definition) is 6. The smallest absolute Gasteiger partial charge is 0.262 e. The highest BCUT2D eigenvalue weighted by molar-refractivity contribution is 7.18. The van der Waals surface area contributed by atoms with E-state index in [1.165, 1.54) is 15.9 Å². The van der Waals surface area contributed by atoms with Crippen LogP contribution in [0.4, 0.5) is 0 Å². The van der Waals surface area contributed by atoms with E-state index >= 15 is 0 Å². The van der Waals surface area contributed by atoms with Crippen molar-refractivity contribution in [3.63, 3.8) is 0 Å². The summed E-state index contributed by atoms with van der Waals surface area (Å²) < 4.78 is 12.7. The summed E-state index contributed by atoms with van der Waals surface area (Å²) in [6, 6.07) is 5.76. The van der Waals surface area contributed by atoms with Crippen LogP contribution in [0.15, 0.2) is 29.3 Å². The average molecular weight is 428 g/mol. The van der Waals surface area contributed by atoms with Crippen molar-refractivity contribution >= 4 is 27.5 Å². The zero-order chi connectivity index (χ0) is 21.3. The van der Waals surface area contributed by atoms with Crippen LogP contribution < -0.4 is 15.0 Å². The largest absolute Gasteiger partial charge is 0.486 e. The normalized spacial score (nSPS) is 12.9. The molecule has 8 heteroatoms. The first-order chi connectivity index (χ1) is 14.5. The lowest BCUT2D eigenvalue weighted by atomic mass is 10.1. The highest BCUT2D eigenvalue weighted by Crippen LogP contribution is 2.31. The lowest BCUT2D eigenvalue weighted by molar-refractivity contribution is -0.131. The topological polar surface area (TPSA) is 73.7 Å². The molecule has 0 aliphatic carbocycles. The molecule has 0 saturated carbocycles. The maximum atomic E-state index is 12.8. The summed E-state index contributed by atoms with van der Waals surface area (Å²) in [5.41, 5.74) is 1.88. The van der Waals surface area contributed by atoms with Crippen LogP contribution in [-0.4, -0.2) is 40.1 Å². The third-order valence-corrected chi connectivity index (χ3v) is 6.55. The Morgan fingerprint density at radius 3 is 2.77 bits per heavy atom. The third-order valence-electron chi connectivity index (χ3n) is 5.44. The van der Waals surface area contributed by atoms with Gasteiger partial charge in [0.1, 0.15) is 18.0 Å². The van der Waals surface area contributed by atoms with Crippen molar-refractivity contribution in [1.82, 2.24) is 14.5 Å². The Balaban J connectivity index is 1.45. The number of aromatic nitrogens is 2. The van der Waals surface area contributed by atoms with Gasteiger partial charge in [-0.05, 0) is 44.0 Å². The highest BCUT2D eigenvalue weighted by Gasteiger charge is 2.17. The minimum atomic E-state index is -0.0791. The van der Waals surface area contributed by atoms with Gasteiger partial charge in [-0.3, -0.25) is 14.2 Å². The number of amides is 1. The number of rotatable bonds is 6. The fourth-order valence-corrected chi connectivity index (χ4v) is 4.57. The number of carbonyl (C=O) groups is 1. The molecule has 0 spiro atoms. The maximum absolute atomic E-state index is 12.8. The molecule has 0 fully saturated rings. The Labute approximate surface area is 178 Å². The van der Waals surface area contributed by atoms with E-state index in [0.29, 0.717) is 38.2 Å². The monoisotopic (exact) mass is 427 g/mol. The quantitative estimate of drug-likeness (QED) is 0.604. The standard InChI is InChI=1S/C22H25N3O4S/c1-4-24(12-16-5-6-17-18(11-16)29-10-9-28-17)19(26)7-8-25-13-23-21-20(22(25)27)14(2)15(3)30-21/h5-6,11,13H,4,7-10,12H2,1-3H3. The van der Waals surface area contributed by atoms with E-state index in [1.54, 1.807) is 11.2 Å². The lowest BCUT2D eigenvalue weighted by Crippen LogP contribution is -2.32. The van der Waals surface area contributed by atoms with E-state index in [-0.39, 0.29) is 17.9 Å². The van der Waals surface area contributed by atoms with Gasteiger partial charge in [0.25, 0.3) is 5.56 Å². The van der Waals surface area contributed by atoms with Gasteiger partial charge in [-0.2, -0.15) is 0 Å². The SMILES string of the molecule is CCN(Cc1ccc2c(c1)OCCO2)C(=O)CCn1cnc2sc(C)c(C)c2c1=O. The molecule has 0 bridgehead atoms. The Morgan fingerprint density at radius 1 is 1.23 bits per heavy atom. The number of benzene rings is 1. The molecule has 1 amide bonds. The molecular formula is C22H25N3O4S. The molecule has 0 unspecified atom stereocenters. The molecule has 3 heterocycles. The van der Waals surface area contributed by atoms with Crippen molar-refractivity contribution in [2.75, 3.05) is 19.8 Å². The van der Waals surface area contributed by atoms with Gasteiger partial charge in [-0.15, -0.1) is 11.3 Å². The number of fused-ring (bicyclic) bond motifs is 2. The van der Waals surface area contributed by atoms with Gasteiger partial charge in [0.2, 0.25) is 5.91 Å². The highest BCUT2D eigenvalue weighted by atomic mass is 32.1. The Hall–Kier alpha value is -2.87. The number of ether oxygens (including phenoxy) is 2. The van der Waals surface area contributed by atoms with Gasteiger partial charge in [-0.25, -0.2) is 4.98 Å². The number of thiophene rings is 1. The van der Waals surface area contributed by atoms with Crippen LogP contribution in [0.25, 0.3) is 10.2 Å². The second-order valence-corrected chi connectivity index (χ2v) is 8.55. The Bertz CT molecular complexity index is 1150. The number of aryl methyl sites for hydroxylation is 3. The Morgan fingerprint density at radius 2 is 2.00 bits per heavy atom. The number of hydrogen-bond donors (Lipinski definition) is 0. The van der Waals surface area contributed by atoms with Crippen LogP contribution in [0.2, 0.25) is 0 Å². The summed E-state index contributed by atoms with van der Waals surface area (Å²) in [6.07, 6.45) is 1.79. The molecule has 30 heavy (non-hydrogen) atoms. The summed E-state index contributed by atoms with van der Waals surface area (Å²) in [4.78, 5) is 33.7. The van der Waals surface area contributed by atoms with E-state index in [1.807, 2.05) is 39.0 Å². The molecule has 1 aliphatic rings. The predicted molar refractivity (Wildman–Crippen MR) is 116 cm³/mol. The van der Waals surface area contributed by atoms with Gasteiger partial charge < -0.3 is 14.4 Å². The van der Waals surface area contributed by atoms with Crippen molar-refractivity contribution in [2.45, 2.75) is 40.3 Å². The minimum Gasteiger partial charge on any atom is -0.486 e. The molecule has 0 saturated heterocycles. The first-order valence-electron chi connectivity index (χ1n) is 10.1. The molecule has 0 atom stereocenters. The predicted octanol–water partition coefficient (Wildman–Crippen LogP) is 3.28. The summed E-state index contributed by atoms with van der Waals surface area (Å²) in [5.74, 6) is 1.45. The summed E-state index contributed by atoms with van der Waals surface area (Å²) >= 11 is 1.53. The zero-order valence-electron chi connectivity index (χ0n) is 17.4. The van der Waals surface area contributed by atoms with Crippen LogP contribution in [0.5, 0.6) is 11.5 Å². The lowest BCUT2D eigenvalue weighted by Gasteiger charge is -2.23. The number of carbonyl (C=O) groups excluding carboxylic acids is 1. The summed E-state index contributed by atoms with van der Waals surface area (Å²) in [7, 11) is 0. The van der Waals surface area contributed by atoms with Gasteiger partial charge in [0.15, 0.2) is 11.5 Å². The fourth-order valence-electron chi connectivity index (χ4n) is 3.59. The van der Waals surface area contributed by atoms with E-state index < -0.39 is 0 Å². The second kappa shape index (κ2) is 8.47. The molecule has 2 aromatic heterocycles. The van der Waals surface area contributed by atoms with E-state index in [2.05, 4.69) is 4.98 Å². The van der Waals surface area contributed by atoms with Crippen molar-refractivity contribution in [3.8, 4) is 11.5 Å². The van der Waals surface area contributed by atoms with Crippen LogP contribution in [0.1, 0.15) is 29.3 Å². The Kier molecular flexibility index (Phi) is 5.76. The van der Waals surface area contributed by atoms with Crippen LogP contribution in [-0.2, 0) is 17.9 Å². The van der Waals surface area contributed by atoms with E-state index in [4.69, 9.17) is 9.47 Å². The van der Waals surface area contributed by atoms with E-state index in [0.717, 1.165) is 32.3 Å². The molecule has 4 rings (SSSR count). The van der Waals surface area contributed by atoms with Crippen molar-refractivity contribution in [3.05, 3.63) is 50.9 Å². The fraction of sp³-hybridized carbons (Fsp3) is 0.409. The van der Waals surface area contributed by atoms with Crippen LogP contribution in [0.3, 0.4) is 0 Å². The zero-order valence-corrected chi connectivity index (χ0v) is 18.3. The van der Waals surface area contributed by atoms with E-state index in [9.17, 15) is 9.59 Å². The van der Waals surface area contributed by atoms with Gasteiger partial charge in [-0.1, -0.05) is 6.07 Å². The van der Waals surface area contributed by atoms with Gasteiger partial charge in [0, 0.05) is 30.9 Å². The van der Waals surface area contributed by atoms with Crippen molar-refractivity contribution in [1.29, 1.82) is 0 Å². The number of nitrogens with zero attached hydrogens (tertiary/aromatic N) is 3. The van der Waals surface area contributed by atoms with Crippen LogP contribution in [0, 0.1) is 13.8 Å². The molecule has 1 aromatic carbocycles. The van der Waals surface area contributed by atoms with Gasteiger partial charge in [0.05, 0.1) is 11.7 Å². The minimum absolute atomic E-state index is 0.00222. The maximum Gasteiger partial charge on any atom is 0.262 e. The average Bonchev–Trinajstić information content (AvgIpc) is 3.05. The van der Waals surface area contributed by atoms with Crippen LogP contribution >= 0.6 is 11.3 Å². The summed E-state index contributed by atoms with van der Waals surface area (Å²) in [6.45, 7) is 8.35. The molecule has 0 N–H and O–H groups in total. The molecule has 0 radical (unpaired) electrons. The third kappa shape index (κ3) is 3.92. The molecule has 7 nitrogen and oxygen atoms in total. The first kappa shape index (κ1) is 20.4. The van der Waals surface area contributed by atoms with Crippen molar-refractivity contribution in [2.24, 2.45) is 0 Å². The van der Waals surface area contributed by atoms with Gasteiger partial charge >= 0.3 is 0 Å².